The number of nitrogens with one attached hydrogen (secondary N) is 1. The molecule has 1 aliphatic rings. The lowest BCUT2D eigenvalue weighted by molar-refractivity contribution is -0.272. The first-order valence-electron chi connectivity index (χ1n) is 8.06. The van der Waals surface area contributed by atoms with Gasteiger partial charge in [-0.05, 0) is 37.3 Å². The van der Waals surface area contributed by atoms with E-state index in [1.165, 1.54) is 0 Å². The summed E-state index contributed by atoms with van der Waals surface area (Å²) in [5, 5.41) is 12.5. The fourth-order valence-corrected chi connectivity index (χ4v) is 2.95. The van der Waals surface area contributed by atoms with Crippen LogP contribution in [0, 0.1) is 6.92 Å². The highest BCUT2D eigenvalue weighted by Crippen LogP contribution is 2.38. The van der Waals surface area contributed by atoms with Gasteiger partial charge in [0, 0.05) is 18.8 Å². The number of nitrogens with zero attached hydrogens (tertiary/aromatic N) is 1. The average Bonchev–Trinajstić information content (AvgIpc) is 2.50. The number of anilines is 1. The van der Waals surface area contributed by atoms with Crippen LogP contribution in [0.15, 0.2) is 18.2 Å². The van der Waals surface area contributed by atoms with Crippen LogP contribution in [0.2, 0.25) is 0 Å². The van der Waals surface area contributed by atoms with Gasteiger partial charge >= 0.3 is 6.18 Å². The zero-order chi connectivity index (χ0) is 18.0. The molecular weight excluding hydrogens is 321 g/mol. The SMILES string of the molecule is CCc1cccc(C)c1NC(=O)CN1CCC(O)(C(F)(F)F)CC1. The Morgan fingerprint density at radius 3 is 2.50 bits per heavy atom. The largest absolute Gasteiger partial charge is 0.417 e. The summed E-state index contributed by atoms with van der Waals surface area (Å²) in [7, 11) is 0. The molecule has 0 aromatic heterocycles. The van der Waals surface area contributed by atoms with Gasteiger partial charge in [-0.15, -0.1) is 0 Å². The second kappa shape index (κ2) is 7.11. The molecule has 0 atom stereocenters. The fraction of sp³-hybridized carbons (Fsp3) is 0.588. The smallest absolute Gasteiger partial charge is 0.380 e. The van der Waals surface area contributed by atoms with Crippen molar-refractivity contribution < 1.29 is 23.1 Å². The number of benzene rings is 1. The maximum absolute atomic E-state index is 12.8. The van der Waals surface area contributed by atoms with Crippen molar-refractivity contribution in [3.63, 3.8) is 0 Å². The summed E-state index contributed by atoms with van der Waals surface area (Å²) in [6.07, 6.45) is -4.67. The van der Waals surface area contributed by atoms with Crippen LogP contribution in [0.5, 0.6) is 0 Å². The van der Waals surface area contributed by atoms with E-state index in [0.29, 0.717) is 0 Å². The van der Waals surface area contributed by atoms with Crippen molar-refractivity contribution in [2.45, 2.75) is 44.9 Å². The summed E-state index contributed by atoms with van der Waals surface area (Å²) in [5.74, 6) is -0.253. The van der Waals surface area contributed by atoms with Crippen LogP contribution in [0.4, 0.5) is 18.9 Å². The number of carbonyl (C=O) groups excluding carboxylic acids is 1. The molecule has 7 heteroatoms. The van der Waals surface area contributed by atoms with Crippen molar-refractivity contribution in [2.24, 2.45) is 0 Å². The third-order valence-corrected chi connectivity index (χ3v) is 4.58. The summed E-state index contributed by atoms with van der Waals surface area (Å²) in [6.45, 7) is 3.99. The van der Waals surface area contributed by atoms with Gasteiger partial charge in [-0.3, -0.25) is 9.69 Å². The molecule has 2 rings (SSSR count). The minimum Gasteiger partial charge on any atom is -0.380 e. The van der Waals surface area contributed by atoms with Crippen molar-refractivity contribution in [1.29, 1.82) is 0 Å². The zero-order valence-corrected chi connectivity index (χ0v) is 13.9. The number of para-hydroxylation sites is 1. The number of halogens is 3. The summed E-state index contributed by atoms with van der Waals surface area (Å²) < 4.78 is 38.3. The molecule has 24 heavy (non-hydrogen) atoms. The molecule has 0 saturated carbocycles. The maximum atomic E-state index is 12.8. The summed E-state index contributed by atoms with van der Waals surface area (Å²) >= 11 is 0. The monoisotopic (exact) mass is 344 g/mol. The van der Waals surface area contributed by atoms with E-state index < -0.39 is 24.6 Å². The number of aliphatic hydroxyl groups is 1. The molecule has 2 N–H and O–H groups in total. The Balaban J connectivity index is 1.93. The van der Waals surface area contributed by atoms with Crippen molar-refractivity contribution >= 4 is 11.6 Å². The second-order valence-electron chi connectivity index (χ2n) is 6.32. The number of aryl methyl sites for hydroxylation is 2. The Morgan fingerprint density at radius 2 is 1.96 bits per heavy atom. The van der Waals surface area contributed by atoms with Gasteiger partial charge in [0.2, 0.25) is 5.91 Å². The van der Waals surface area contributed by atoms with Crippen LogP contribution in [-0.4, -0.2) is 47.3 Å². The van der Waals surface area contributed by atoms with Gasteiger partial charge in [0.25, 0.3) is 0 Å². The Hall–Kier alpha value is -1.60. The lowest BCUT2D eigenvalue weighted by atomic mass is 9.91. The molecule has 0 aliphatic carbocycles. The van der Waals surface area contributed by atoms with Crippen molar-refractivity contribution in [3.8, 4) is 0 Å². The third-order valence-electron chi connectivity index (χ3n) is 4.58. The van der Waals surface area contributed by atoms with Gasteiger partial charge in [0.1, 0.15) is 0 Å². The molecule has 0 unspecified atom stereocenters. The number of piperidine rings is 1. The highest BCUT2D eigenvalue weighted by atomic mass is 19.4. The summed E-state index contributed by atoms with van der Waals surface area (Å²) in [5.41, 5.74) is 0.112. The van der Waals surface area contributed by atoms with Crippen LogP contribution < -0.4 is 5.32 Å². The second-order valence-corrected chi connectivity index (χ2v) is 6.32. The molecule has 1 aromatic rings. The molecule has 0 spiro atoms. The van der Waals surface area contributed by atoms with E-state index in [2.05, 4.69) is 5.32 Å². The number of alkyl halides is 3. The topological polar surface area (TPSA) is 52.6 Å². The zero-order valence-electron chi connectivity index (χ0n) is 13.9. The quantitative estimate of drug-likeness (QED) is 0.883. The first kappa shape index (κ1) is 18.7. The van der Waals surface area contributed by atoms with E-state index in [1.54, 1.807) is 4.90 Å². The Kier molecular flexibility index (Phi) is 5.55. The molecule has 0 bridgehead atoms. The number of rotatable bonds is 4. The normalized spacial score (nSPS) is 18.4. The Labute approximate surface area is 139 Å². The molecule has 1 saturated heterocycles. The van der Waals surface area contributed by atoms with Gasteiger partial charge in [0.05, 0.1) is 6.54 Å². The molecule has 1 heterocycles. The van der Waals surface area contributed by atoms with Gasteiger partial charge in [-0.1, -0.05) is 25.1 Å². The minimum atomic E-state index is -4.63. The van der Waals surface area contributed by atoms with Gasteiger partial charge in [-0.25, -0.2) is 0 Å². The number of carbonyl (C=O) groups is 1. The maximum Gasteiger partial charge on any atom is 0.417 e. The molecular formula is C17H23F3N2O2. The molecule has 1 fully saturated rings. The number of amides is 1. The van der Waals surface area contributed by atoms with Gasteiger partial charge in [-0.2, -0.15) is 13.2 Å². The highest BCUT2D eigenvalue weighted by molar-refractivity contribution is 5.93. The van der Waals surface area contributed by atoms with Gasteiger partial charge in [0.15, 0.2) is 5.60 Å². The average molecular weight is 344 g/mol. The number of hydrogen-bond acceptors (Lipinski definition) is 3. The minimum absolute atomic E-state index is 0.0193. The summed E-state index contributed by atoms with van der Waals surface area (Å²) in [6, 6.07) is 5.76. The lowest BCUT2D eigenvalue weighted by Crippen LogP contribution is -2.54. The van der Waals surface area contributed by atoms with Gasteiger partial charge < -0.3 is 10.4 Å². The molecule has 1 aliphatic heterocycles. The Bertz CT molecular complexity index is 594. The van der Waals surface area contributed by atoms with Crippen molar-refractivity contribution in [3.05, 3.63) is 29.3 Å². The number of hydrogen-bond donors (Lipinski definition) is 2. The molecule has 134 valence electrons. The van der Waals surface area contributed by atoms with E-state index in [4.69, 9.17) is 0 Å². The van der Waals surface area contributed by atoms with Crippen LogP contribution in [0.3, 0.4) is 0 Å². The van der Waals surface area contributed by atoms with Crippen LogP contribution in [0.1, 0.15) is 30.9 Å². The predicted octanol–water partition coefficient (Wildman–Crippen LogP) is 2.89. The molecule has 1 aromatic carbocycles. The number of likely N-dealkylation sites (tertiary alicyclic amines) is 1. The van der Waals surface area contributed by atoms with E-state index in [-0.39, 0.29) is 25.5 Å². The van der Waals surface area contributed by atoms with Crippen molar-refractivity contribution in [1.82, 2.24) is 4.90 Å². The van der Waals surface area contributed by atoms with E-state index in [9.17, 15) is 23.1 Å². The first-order valence-corrected chi connectivity index (χ1v) is 8.06. The van der Waals surface area contributed by atoms with E-state index >= 15 is 0 Å². The lowest BCUT2D eigenvalue weighted by Gasteiger charge is -2.38. The van der Waals surface area contributed by atoms with E-state index in [1.807, 2.05) is 32.0 Å². The molecule has 1 amide bonds. The van der Waals surface area contributed by atoms with Crippen LogP contribution in [-0.2, 0) is 11.2 Å². The van der Waals surface area contributed by atoms with Crippen LogP contribution in [0.25, 0.3) is 0 Å². The Morgan fingerprint density at radius 1 is 1.33 bits per heavy atom. The standard InChI is InChI=1S/C17H23F3N2O2/c1-3-13-6-4-5-12(2)15(13)21-14(23)11-22-9-7-16(24,8-10-22)17(18,19)20/h4-6,24H,3,7-11H2,1-2H3,(H,21,23). The molecule has 0 radical (unpaired) electrons. The molecule has 4 nitrogen and oxygen atoms in total. The predicted molar refractivity (Wildman–Crippen MR) is 85.9 cm³/mol. The third kappa shape index (κ3) is 4.08. The summed E-state index contributed by atoms with van der Waals surface area (Å²) in [4.78, 5) is 13.9. The van der Waals surface area contributed by atoms with Crippen LogP contribution >= 0.6 is 0 Å². The fourth-order valence-electron chi connectivity index (χ4n) is 2.95. The van der Waals surface area contributed by atoms with E-state index in [0.717, 1.165) is 23.2 Å². The highest BCUT2D eigenvalue weighted by Gasteiger charge is 2.54. The van der Waals surface area contributed by atoms with Crippen molar-refractivity contribution in [2.75, 3.05) is 25.0 Å². The first-order chi connectivity index (χ1) is 11.2.